The molecule has 1 amide bonds. The average Bonchev–Trinajstić information content (AvgIpc) is 2.29. The molecule has 0 aromatic heterocycles. The zero-order chi connectivity index (χ0) is 12.0. The summed E-state index contributed by atoms with van der Waals surface area (Å²) in [5, 5.41) is 0. The summed E-state index contributed by atoms with van der Waals surface area (Å²) in [6.07, 6.45) is -2.98. The van der Waals surface area contributed by atoms with Gasteiger partial charge < -0.3 is 10.6 Å². The molecule has 0 atom stereocenters. The molecule has 0 fully saturated rings. The van der Waals surface area contributed by atoms with Gasteiger partial charge in [-0.25, -0.2) is 0 Å². The lowest BCUT2D eigenvalue weighted by molar-refractivity contribution is -0.143. The van der Waals surface area contributed by atoms with Crippen molar-refractivity contribution in [1.29, 1.82) is 0 Å². The summed E-state index contributed by atoms with van der Waals surface area (Å²) < 4.78 is 24.5. The van der Waals surface area contributed by atoms with E-state index in [4.69, 9.17) is 5.73 Å². The van der Waals surface area contributed by atoms with Crippen LogP contribution in [0.3, 0.4) is 0 Å². The van der Waals surface area contributed by atoms with Crippen LogP contribution in [0.5, 0.6) is 0 Å². The van der Waals surface area contributed by atoms with E-state index in [0.717, 1.165) is 10.5 Å². The minimum absolute atomic E-state index is 0.137. The maximum absolute atomic E-state index is 12.3. The van der Waals surface area contributed by atoms with Gasteiger partial charge in [0.2, 0.25) is 0 Å². The highest BCUT2D eigenvalue weighted by atomic mass is 19.3. The van der Waals surface area contributed by atoms with Gasteiger partial charge in [0, 0.05) is 19.6 Å². The van der Waals surface area contributed by atoms with Crippen LogP contribution in [-0.4, -0.2) is 30.3 Å². The van der Waals surface area contributed by atoms with Crippen molar-refractivity contribution in [3.8, 4) is 0 Å². The number of rotatable bonds is 5. The van der Waals surface area contributed by atoms with Gasteiger partial charge in [-0.2, -0.15) is 8.78 Å². The van der Waals surface area contributed by atoms with Gasteiger partial charge in [-0.05, 0) is 5.56 Å². The normalized spacial score (nSPS) is 10.5. The van der Waals surface area contributed by atoms with E-state index in [1.807, 2.05) is 6.07 Å². The molecular formula is C11H14F2N2O. The molecule has 0 bridgehead atoms. The van der Waals surface area contributed by atoms with Crippen molar-refractivity contribution < 1.29 is 13.6 Å². The highest BCUT2D eigenvalue weighted by molar-refractivity contribution is 5.79. The highest BCUT2D eigenvalue weighted by Gasteiger charge is 2.22. The fraction of sp³-hybridized carbons (Fsp3) is 0.364. The zero-order valence-corrected chi connectivity index (χ0v) is 8.77. The van der Waals surface area contributed by atoms with Crippen LogP contribution in [0.25, 0.3) is 0 Å². The van der Waals surface area contributed by atoms with Crippen LogP contribution in [0, 0.1) is 0 Å². The Labute approximate surface area is 92.8 Å². The van der Waals surface area contributed by atoms with Crippen LogP contribution in [0.4, 0.5) is 8.78 Å². The lowest BCUT2D eigenvalue weighted by Crippen LogP contribution is -2.38. The fourth-order valence-electron chi connectivity index (χ4n) is 1.36. The molecule has 0 radical (unpaired) electrons. The molecule has 2 N–H and O–H groups in total. The molecule has 0 unspecified atom stereocenters. The van der Waals surface area contributed by atoms with Crippen molar-refractivity contribution in [2.75, 3.05) is 13.1 Å². The maximum atomic E-state index is 12.3. The molecule has 0 spiro atoms. The zero-order valence-electron chi connectivity index (χ0n) is 8.77. The van der Waals surface area contributed by atoms with E-state index in [1.54, 1.807) is 24.3 Å². The summed E-state index contributed by atoms with van der Waals surface area (Å²) in [5.41, 5.74) is 6.09. The summed E-state index contributed by atoms with van der Waals surface area (Å²) in [6.45, 7) is 0.477. The maximum Gasteiger partial charge on any atom is 0.315 e. The Hall–Kier alpha value is -1.49. The first-order valence-electron chi connectivity index (χ1n) is 4.96. The summed E-state index contributed by atoms with van der Waals surface area (Å²) >= 11 is 0. The summed E-state index contributed by atoms with van der Waals surface area (Å²) in [5.74, 6) is -1.17. The Bertz CT molecular complexity index is 330. The molecule has 5 heteroatoms. The Morgan fingerprint density at radius 2 is 1.94 bits per heavy atom. The highest BCUT2D eigenvalue weighted by Crippen LogP contribution is 2.07. The molecular weight excluding hydrogens is 214 g/mol. The SMILES string of the molecule is NCCN(Cc1ccccc1)C(=O)C(F)F. The topological polar surface area (TPSA) is 46.3 Å². The quantitative estimate of drug-likeness (QED) is 0.824. The number of alkyl halides is 2. The van der Waals surface area contributed by atoms with Crippen molar-refractivity contribution in [3.63, 3.8) is 0 Å². The largest absolute Gasteiger partial charge is 0.332 e. The first-order valence-corrected chi connectivity index (χ1v) is 4.96. The molecule has 1 aromatic carbocycles. The Morgan fingerprint density at radius 3 is 2.44 bits per heavy atom. The van der Waals surface area contributed by atoms with Crippen LogP contribution in [0.1, 0.15) is 5.56 Å². The van der Waals surface area contributed by atoms with Gasteiger partial charge in [0.1, 0.15) is 0 Å². The standard InChI is InChI=1S/C11H14F2N2O/c12-10(13)11(16)15(7-6-14)8-9-4-2-1-3-5-9/h1-5,10H,6-8,14H2. The van der Waals surface area contributed by atoms with Gasteiger partial charge in [0.15, 0.2) is 0 Å². The smallest absolute Gasteiger partial charge is 0.315 e. The number of halogens is 2. The minimum atomic E-state index is -2.98. The van der Waals surface area contributed by atoms with Crippen molar-refractivity contribution in [3.05, 3.63) is 35.9 Å². The monoisotopic (exact) mass is 228 g/mol. The average molecular weight is 228 g/mol. The van der Waals surface area contributed by atoms with Crippen LogP contribution in [-0.2, 0) is 11.3 Å². The summed E-state index contributed by atoms with van der Waals surface area (Å²) in [4.78, 5) is 12.2. The molecule has 88 valence electrons. The summed E-state index contributed by atoms with van der Waals surface area (Å²) in [6, 6.07) is 8.97. The summed E-state index contributed by atoms with van der Waals surface area (Å²) in [7, 11) is 0. The predicted octanol–water partition coefficient (Wildman–Crippen LogP) is 1.24. The molecule has 0 aliphatic rings. The van der Waals surface area contributed by atoms with Gasteiger partial charge in [0.25, 0.3) is 5.91 Å². The predicted molar refractivity (Wildman–Crippen MR) is 56.9 cm³/mol. The van der Waals surface area contributed by atoms with E-state index >= 15 is 0 Å². The van der Waals surface area contributed by atoms with Gasteiger partial charge in [-0.1, -0.05) is 30.3 Å². The molecule has 0 aliphatic carbocycles. The van der Waals surface area contributed by atoms with Gasteiger partial charge in [-0.3, -0.25) is 4.79 Å². The molecule has 1 rings (SSSR count). The van der Waals surface area contributed by atoms with Crippen molar-refractivity contribution in [2.24, 2.45) is 5.73 Å². The van der Waals surface area contributed by atoms with Crippen molar-refractivity contribution in [2.45, 2.75) is 13.0 Å². The van der Waals surface area contributed by atoms with E-state index in [0.29, 0.717) is 0 Å². The number of nitrogens with two attached hydrogens (primary N) is 1. The Balaban J connectivity index is 2.68. The number of amides is 1. The Morgan fingerprint density at radius 1 is 1.31 bits per heavy atom. The number of hydrogen-bond donors (Lipinski definition) is 1. The van der Waals surface area contributed by atoms with E-state index in [9.17, 15) is 13.6 Å². The third kappa shape index (κ3) is 3.58. The van der Waals surface area contributed by atoms with Crippen molar-refractivity contribution >= 4 is 5.91 Å². The van der Waals surface area contributed by atoms with Gasteiger partial charge >= 0.3 is 6.43 Å². The second-order valence-corrected chi connectivity index (χ2v) is 3.33. The third-order valence-corrected chi connectivity index (χ3v) is 2.11. The Kier molecular flexibility index (Phi) is 4.85. The lowest BCUT2D eigenvalue weighted by Gasteiger charge is -2.21. The number of nitrogens with zero attached hydrogens (tertiary/aromatic N) is 1. The van der Waals surface area contributed by atoms with Crippen LogP contribution < -0.4 is 5.73 Å². The molecule has 0 aliphatic heterocycles. The van der Waals surface area contributed by atoms with Crippen LogP contribution in [0.2, 0.25) is 0 Å². The minimum Gasteiger partial charge on any atom is -0.332 e. The number of carbonyl (C=O) groups is 1. The van der Waals surface area contributed by atoms with Crippen LogP contribution in [0.15, 0.2) is 30.3 Å². The second-order valence-electron chi connectivity index (χ2n) is 3.33. The first kappa shape index (κ1) is 12.6. The molecule has 0 saturated carbocycles. The van der Waals surface area contributed by atoms with E-state index in [-0.39, 0.29) is 19.6 Å². The second kappa shape index (κ2) is 6.17. The van der Waals surface area contributed by atoms with Gasteiger partial charge in [-0.15, -0.1) is 0 Å². The first-order chi connectivity index (χ1) is 7.65. The molecule has 1 aromatic rings. The van der Waals surface area contributed by atoms with E-state index in [1.165, 1.54) is 0 Å². The van der Waals surface area contributed by atoms with Gasteiger partial charge in [0.05, 0.1) is 0 Å². The molecule has 16 heavy (non-hydrogen) atoms. The van der Waals surface area contributed by atoms with E-state index in [2.05, 4.69) is 0 Å². The molecule has 3 nitrogen and oxygen atoms in total. The fourth-order valence-corrected chi connectivity index (χ4v) is 1.36. The lowest BCUT2D eigenvalue weighted by atomic mass is 10.2. The number of hydrogen-bond acceptors (Lipinski definition) is 2. The molecule has 0 saturated heterocycles. The van der Waals surface area contributed by atoms with Crippen molar-refractivity contribution in [1.82, 2.24) is 4.90 Å². The number of carbonyl (C=O) groups excluding carboxylic acids is 1. The third-order valence-electron chi connectivity index (χ3n) is 2.11. The molecule has 0 heterocycles. The number of benzene rings is 1. The van der Waals surface area contributed by atoms with E-state index < -0.39 is 12.3 Å². The van der Waals surface area contributed by atoms with Crippen LogP contribution >= 0.6 is 0 Å².